The molecule has 0 unspecified atom stereocenters. The molecule has 2 aromatic rings. The van der Waals surface area contributed by atoms with E-state index >= 15 is 0 Å². The van der Waals surface area contributed by atoms with E-state index in [4.69, 9.17) is 4.74 Å². The first-order chi connectivity index (χ1) is 11.7. The van der Waals surface area contributed by atoms with Gasteiger partial charge < -0.3 is 14.6 Å². The van der Waals surface area contributed by atoms with Crippen molar-refractivity contribution in [3.05, 3.63) is 46.6 Å². The monoisotopic (exact) mass is 328 g/mol. The third-order valence-corrected chi connectivity index (χ3v) is 4.10. The smallest absolute Gasteiger partial charge is 0.251 e. The number of H-pyrrole nitrogens is 1. The van der Waals surface area contributed by atoms with Crippen LogP contribution in [0, 0.1) is 0 Å². The number of carbonyl (C=O) groups excluding carboxylic acids is 1. The Morgan fingerprint density at radius 2 is 2.29 bits per heavy atom. The first kappa shape index (κ1) is 16.3. The maximum Gasteiger partial charge on any atom is 0.251 e. The average molecular weight is 328 g/mol. The number of methoxy groups -OCH3 is 1. The third-order valence-electron chi connectivity index (χ3n) is 4.10. The van der Waals surface area contributed by atoms with Crippen LogP contribution in [-0.2, 0) is 9.53 Å². The van der Waals surface area contributed by atoms with Crippen LogP contribution >= 0.6 is 0 Å². The van der Waals surface area contributed by atoms with Crippen LogP contribution in [0.2, 0.25) is 0 Å². The maximum absolute atomic E-state index is 12.3. The zero-order valence-electron chi connectivity index (χ0n) is 13.6. The molecular formula is C17H20N4O3. The van der Waals surface area contributed by atoms with E-state index in [1.807, 2.05) is 18.2 Å². The Hall–Kier alpha value is -2.54. The van der Waals surface area contributed by atoms with Gasteiger partial charge in [-0.2, -0.15) is 0 Å². The highest BCUT2D eigenvalue weighted by atomic mass is 16.5. The largest absolute Gasteiger partial charge is 0.384 e. The summed E-state index contributed by atoms with van der Waals surface area (Å²) in [5.41, 5.74) is 0.919. The molecule has 0 aromatic carbocycles. The fourth-order valence-electron chi connectivity index (χ4n) is 2.96. The molecular weight excluding hydrogens is 308 g/mol. The van der Waals surface area contributed by atoms with Gasteiger partial charge in [0.1, 0.15) is 5.82 Å². The van der Waals surface area contributed by atoms with E-state index < -0.39 is 0 Å². The quantitative estimate of drug-likeness (QED) is 0.899. The van der Waals surface area contributed by atoms with E-state index in [0.717, 1.165) is 12.8 Å². The van der Waals surface area contributed by atoms with Gasteiger partial charge in [0, 0.05) is 25.9 Å². The van der Waals surface area contributed by atoms with Gasteiger partial charge >= 0.3 is 0 Å². The first-order valence-corrected chi connectivity index (χ1v) is 8.00. The van der Waals surface area contributed by atoms with Crippen LogP contribution in [0.15, 0.2) is 35.3 Å². The molecule has 0 bridgehead atoms. The molecule has 0 radical (unpaired) electrons. The van der Waals surface area contributed by atoms with Crippen LogP contribution in [0.25, 0.3) is 11.4 Å². The van der Waals surface area contributed by atoms with Crippen LogP contribution < -0.4 is 5.56 Å². The average Bonchev–Trinajstić information content (AvgIpc) is 3.10. The van der Waals surface area contributed by atoms with E-state index in [2.05, 4.69) is 15.0 Å². The predicted molar refractivity (Wildman–Crippen MR) is 88.3 cm³/mol. The Bertz CT molecular complexity index is 760. The Kier molecular flexibility index (Phi) is 5.00. The minimum atomic E-state index is -0.239. The first-order valence-electron chi connectivity index (χ1n) is 8.00. The number of pyridine rings is 1. The predicted octanol–water partition coefficient (Wildman–Crippen LogP) is 1.53. The molecule has 7 nitrogen and oxygen atoms in total. The number of rotatable bonds is 5. The standard InChI is InChI=1S/C17H20N4O3/c1-24-10-7-16(23)21-9-4-6-14(21)17-19-13(11-15(22)20-17)12-5-2-3-8-18-12/h2-3,5,8,11,14H,4,6-7,9-10H2,1H3,(H,19,20,22)/t14-/m0/s1. The molecule has 3 heterocycles. The van der Waals surface area contributed by atoms with Gasteiger partial charge in [0.25, 0.3) is 5.56 Å². The minimum absolute atomic E-state index is 0.0187. The lowest BCUT2D eigenvalue weighted by atomic mass is 10.2. The molecule has 1 saturated heterocycles. The summed E-state index contributed by atoms with van der Waals surface area (Å²) in [4.78, 5) is 37.7. The van der Waals surface area contributed by atoms with E-state index in [1.54, 1.807) is 18.2 Å². The van der Waals surface area contributed by atoms with Crippen LogP contribution in [0.1, 0.15) is 31.1 Å². The number of aromatic nitrogens is 3. The van der Waals surface area contributed by atoms with Crippen LogP contribution in [0.4, 0.5) is 0 Å². The van der Waals surface area contributed by atoms with Crippen molar-refractivity contribution in [2.24, 2.45) is 0 Å². The molecule has 1 aliphatic heterocycles. The molecule has 1 N–H and O–H groups in total. The van der Waals surface area contributed by atoms with Gasteiger partial charge in [0.2, 0.25) is 5.91 Å². The van der Waals surface area contributed by atoms with Crippen LogP contribution in [0.3, 0.4) is 0 Å². The molecule has 1 atom stereocenters. The Balaban J connectivity index is 1.90. The lowest BCUT2D eigenvalue weighted by Gasteiger charge is -2.24. The number of likely N-dealkylation sites (tertiary alicyclic amines) is 1. The lowest BCUT2D eigenvalue weighted by molar-refractivity contribution is -0.133. The van der Waals surface area contributed by atoms with E-state index in [9.17, 15) is 9.59 Å². The number of aromatic amines is 1. The second-order valence-corrected chi connectivity index (χ2v) is 5.72. The summed E-state index contributed by atoms with van der Waals surface area (Å²) in [6.07, 6.45) is 3.67. The summed E-state index contributed by atoms with van der Waals surface area (Å²) in [6.45, 7) is 1.06. The normalized spacial score (nSPS) is 17.2. The summed E-state index contributed by atoms with van der Waals surface area (Å²) in [5, 5.41) is 0. The molecule has 1 aliphatic rings. The minimum Gasteiger partial charge on any atom is -0.384 e. The number of hydrogen-bond acceptors (Lipinski definition) is 5. The van der Waals surface area contributed by atoms with Crippen molar-refractivity contribution in [2.45, 2.75) is 25.3 Å². The van der Waals surface area contributed by atoms with Crippen molar-refractivity contribution in [1.29, 1.82) is 0 Å². The highest BCUT2D eigenvalue weighted by Gasteiger charge is 2.31. The Labute approximate surface area is 139 Å². The third kappa shape index (κ3) is 3.51. The zero-order chi connectivity index (χ0) is 16.9. The summed E-state index contributed by atoms with van der Waals surface area (Å²) in [5.74, 6) is 0.539. The molecule has 0 aliphatic carbocycles. The number of amides is 1. The summed E-state index contributed by atoms with van der Waals surface area (Å²) >= 11 is 0. The van der Waals surface area contributed by atoms with Gasteiger partial charge in [-0.05, 0) is 25.0 Å². The lowest BCUT2D eigenvalue weighted by Crippen LogP contribution is -2.33. The van der Waals surface area contributed by atoms with Gasteiger partial charge in [-0.3, -0.25) is 14.6 Å². The van der Waals surface area contributed by atoms with Crippen molar-refractivity contribution in [2.75, 3.05) is 20.3 Å². The Morgan fingerprint density at radius 3 is 3.04 bits per heavy atom. The molecule has 3 rings (SSSR count). The van der Waals surface area contributed by atoms with Gasteiger partial charge in [0.05, 0.1) is 30.5 Å². The van der Waals surface area contributed by atoms with Crippen molar-refractivity contribution >= 4 is 5.91 Å². The summed E-state index contributed by atoms with van der Waals surface area (Å²) in [7, 11) is 1.57. The fraction of sp³-hybridized carbons (Fsp3) is 0.412. The number of carbonyl (C=O) groups is 1. The summed E-state index contributed by atoms with van der Waals surface area (Å²) in [6, 6.07) is 6.69. The Morgan fingerprint density at radius 1 is 1.42 bits per heavy atom. The SMILES string of the molecule is COCCC(=O)N1CCC[C@H]1c1nc(-c2ccccn2)cc(=O)[nH]1. The highest BCUT2D eigenvalue weighted by Crippen LogP contribution is 2.30. The maximum atomic E-state index is 12.3. The number of nitrogens with zero attached hydrogens (tertiary/aromatic N) is 3. The van der Waals surface area contributed by atoms with E-state index in [1.165, 1.54) is 6.07 Å². The van der Waals surface area contributed by atoms with Crippen molar-refractivity contribution in [1.82, 2.24) is 19.9 Å². The van der Waals surface area contributed by atoms with E-state index in [0.29, 0.717) is 36.8 Å². The van der Waals surface area contributed by atoms with Gasteiger partial charge in [-0.1, -0.05) is 6.07 Å². The molecule has 0 spiro atoms. The van der Waals surface area contributed by atoms with Gasteiger partial charge in [-0.15, -0.1) is 0 Å². The topological polar surface area (TPSA) is 88.2 Å². The fourth-order valence-corrected chi connectivity index (χ4v) is 2.96. The van der Waals surface area contributed by atoms with Crippen molar-refractivity contribution in [3.63, 3.8) is 0 Å². The van der Waals surface area contributed by atoms with Crippen molar-refractivity contribution in [3.8, 4) is 11.4 Å². The second kappa shape index (κ2) is 7.35. The molecule has 1 fully saturated rings. The molecule has 0 saturated carbocycles. The number of nitrogens with one attached hydrogen (secondary N) is 1. The van der Waals surface area contributed by atoms with Crippen LogP contribution in [0.5, 0.6) is 0 Å². The summed E-state index contributed by atoms with van der Waals surface area (Å²) < 4.78 is 4.98. The number of hydrogen-bond donors (Lipinski definition) is 1. The van der Waals surface area contributed by atoms with Gasteiger partial charge in [0.15, 0.2) is 0 Å². The molecule has 1 amide bonds. The van der Waals surface area contributed by atoms with Crippen LogP contribution in [-0.4, -0.2) is 46.0 Å². The van der Waals surface area contributed by atoms with E-state index in [-0.39, 0.29) is 17.5 Å². The van der Waals surface area contributed by atoms with Gasteiger partial charge in [-0.25, -0.2) is 4.98 Å². The van der Waals surface area contributed by atoms with Crippen molar-refractivity contribution < 1.29 is 9.53 Å². The zero-order valence-corrected chi connectivity index (χ0v) is 13.6. The molecule has 126 valence electrons. The molecule has 7 heteroatoms. The molecule has 24 heavy (non-hydrogen) atoms. The highest BCUT2D eigenvalue weighted by molar-refractivity contribution is 5.77. The molecule has 2 aromatic heterocycles. The second-order valence-electron chi connectivity index (χ2n) is 5.72. The number of ether oxygens (including phenoxy) is 1.